The normalized spacial score (nSPS) is 13.0. The van der Waals surface area contributed by atoms with Gasteiger partial charge in [0.25, 0.3) is 0 Å². The van der Waals surface area contributed by atoms with Gasteiger partial charge in [-0.25, -0.2) is 4.39 Å². The number of hydrogen-bond acceptors (Lipinski definition) is 1. The van der Waals surface area contributed by atoms with E-state index < -0.39 is 0 Å². The van der Waals surface area contributed by atoms with Gasteiger partial charge in [-0.05, 0) is 50.3 Å². The van der Waals surface area contributed by atoms with Gasteiger partial charge in [-0.2, -0.15) is 0 Å². The highest BCUT2D eigenvalue weighted by molar-refractivity contribution is 5.26. The Morgan fingerprint density at radius 1 is 1.22 bits per heavy atom. The van der Waals surface area contributed by atoms with E-state index in [4.69, 9.17) is 0 Å². The van der Waals surface area contributed by atoms with Crippen LogP contribution in [0.4, 0.5) is 4.39 Å². The summed E-state index contributed by atoms with van der Waals surface area (Å²) in [7, 11) is 0. The highest BCUT2D eigenvalue weighted by Gasteiger charge is 2.15. The summed E-state index contributed by atoms with van der Waals surface area (Å²) in [5, 5.41) is 3.46. The fourth-order valence-corrected chi connectivity index (χ4v) is 2.10. The van der Waals surface area contributed by atoms with Crippen LogP contribution in [0.1, 0.15) is 57.2 Å². The summed E-state index contributed by atoms with van der Waals surface area (Å²) in [5.41, 5.74) is 1.80. The fraction of sp³-hybridized carbons (Fsp3) is 0.625. The summed E-state index contributed by atoms with van der Waals surface area (Å²) in [6.45, 7) is 9.42. The molecule has 0 saturated heterocycles. The van der Waals surface area contributed by atoms with Gasteiger partial charge in [0.2, 0.25) is 0 Å². The van der Waals surface area contributed by atoms with E-state index in [1.807, 2.05) is 19.1 Å². The number of aryl methyl sites for hydroxylation is 1. The molecular weight excluding hydrogens is 225 g/mol. The molecule has 1 nitrogen and oxygen atoms in total. The largest absolute Gasteiger partial charge is 0.310 e. The van der Waals surface area contributed by atoms with Crippen LogP contribution in [0.15, 0.2) is 18.2 Å². The Kier molecular flexibility index (Phi) is 6.34. The maximum Gasteiger partial charge on any atom is 0.128 e. The summed E-state index contributed by atoms with van der Waals surface area (Å²) in [6, 6.07) is 5.70. The second-order valence-electron chi connectivity index (χ2n) is 5.50. The second kappa shape index (κ2) is 7.52. The Labute approximate surface area is 111 Å². The third kappa shape index (κ3) is 4.77. The van der Waals surface area contributed by atoms with Crippen molar-refractivity contribution in [3.8, 4) is 0 Å². The molecule has 18 heavy (non-hydrogen) atoms. The van der Waals surface area contributed by atoms with Crippen LogP contribution in [-0.2, 0) is 0 Å². The monoisotopic (exact) mass is 251 g/mol. The van der Waals surface area contributed by atoms with E-state index in [0.29, 0.717) is 5.92 Å². The van der Waals surface area contributed by atoms with Gasteiger partial charge in [0.1, 0.15) is 5.82 Å². The smallest absolute Gasteiger partial charge is 0.128 e. The van der Waals surface area contributed by atoms with Crippen LogP contribution in [0.5, 0.6) is 0 Å². The first-order chi connectivity index (χ1) is 8.54. The quantitative estimate of drug-likeness (QED) is 0.746. The van der Waals surface area contributed by atoms with Gasteiger partial charge in [-0.1, -0.05) is 32.9 Å². The summed E-state index contributed by atoms with van der Waals surface area (Å²) < 4.78 is 14.0. The minimum absolute atomic E-state index is 0.0765. The number of hydrogen-bond donors (Lipinski definition) is 1. The number of benzene rings is 1. The maximum atomic E-state index is 14.0. The van der Waals surface area contributed by atoms with E-state index in [1.165, 1.54) is 0 Å². The van der Waals surface area contributed by atoms with Crippen molar-refractivity contribution in [2.24, 2.45) is 5.92 Å². The summed E-state index contributed by atoms with van der Waals surface area (Å²) in [6.07, 6.45) is 3.19. The Balaban J connectivity index is 2.79. The Morgan fingerprint density at radius 3 is 2.50 bits per heavy atom. The Bertz CT molecular complexity index is 360. The third-order valence-corrected chi connectivity index (χ3v) is 3.20. The van der Waals surface area contributed by atoms with Crippen molar-refractivity contribution in [3.05, 3.63) is 35.1 Å². The molecule has 1 atom stereocenters. The molecule has 1 unspecified atom stereocenters. The Morgan fingerprint density at radius 2 is 1.94 bits per heavy atom. The van der Waals surface area contributed by atoms with Gasteiger partial charge in [-0.15, -0.1) is 0 Å². The number of halogens is 1. The van der Waals surface area contributed by atoms with Crippen molar-refractivity contribution in [1.29, 1.82) is 0 Å². The number of rotatable bonds is 7. The minimum atomic E-state index is -0.0765. The van der Waals surface area contributed by atoms with Crippen LogP contribution >= 0.6 is 0 Å². The van der Waals surface area contributed by atoms with Gasteiger partial charge in [0.05, 0.1) is 0 Å². The third-order valence-electron chi connectivity index (χ3n) is 3.20. The first kappa shape index (κ1) is 15.2. The van der Waals surface area contributed by atoms with Gasteiger partial charge in [0.15, 0.2) is 0 Å². The van der Waals surface area contributed by atoms with Gasteiger partial charge >= 0.3 is 0 Å². The topological polar surface area (TPSA) is 12.0 Å². The van der Waals surface area contributed by atoms with E-state index >= 15 is 0 Å². The van der Waals surface area contributed by atoms with E-state index in [-0.39, 0.29) is 11.9 Å². The molecule has 1 N–H and O–H groups in total. The van der Waals surface area contributed by atoms with E-state index in [9.17, 15) is 4.39 Å². The molecular formula is C16H26FN. The zero-order chi connectivity index (χ0) is 13.5. The molecule has 1 aromatic rings. The predicted octanol–water partition coefficient (Wildman–Crippen LogP) is 4.61. The lowest BCUT2D eigenvalue weighted by atomic mass is 9.96. The van der Waals surface area contributed by atoms with Crippen LogP contribution in [0.25, 0.3) is 0 Å². The maximum absolute atomic E-state index is 14.0. The van der Waals surface area contributed by atoms with E-state index in [0.717, 1.165) is 36.9 Å². The molecule has 2 heteroatoms. The Hall–Kier alpha value is -0.890. The van der Waals surface area contributed by atoms with Gasteiger partial charge < -0.3 is 5.32 Å². The lowest BCUT2D eigenvalue weighted by molar-refractivity contribution is 0.427. The molecule has 0 aliphatic heterocycles. The molecule has 0 amide bonds. The first-order valence-corrected chi connectivity index (χ1v) is 7.04. The van der Waals surface area contributed by atoms with Crippen molar-refractivity contribution in [3.63, 3.8) is 0 Å². The van der Waals surface area contributed by atoms with E-state index in [1.54, 1.807) is 6.07 Å². The van der Waals surface area contributed by atoms with Crippen LogP contribution < -0.4 is 5.32 Å². The predicted molar refractivity (Wildman–Crippen MR) is 76.2 cm³/mol. The molecule has 102 valence electrons. The van der Waals surface area contributed by atoms with Crippen LogP contribution in [0, 0.1) is 18.7 Å². The summed E-state index contributed by atoms with van der Waals surface area (Å²) >= 11 is 0. The average molecular weight is 251 g/mol. The van der Waals surface area contributed by atoms with Crippen molar-refractivity contribution in [2.75, 3.05) is 6.54 Å². The number of nitrogens with one attached hydrogen (secondary N) is 1. The van der Waals surface area contributed by atoms with Crippen molar-refractivity contribution in [2.45, 2.75) is 53.0 Å². The molecule has 0 aromatic heterocycles. The fourth-order valence-electron chi connectivity index (χ4n) is 2.10. The van der Waals surface area contributed by atoms with Crippen molar-refractivity contribution >= 4 is 0 Å². The van der Waals surface area contributed by atoms with Crippen LogP contribution in [0.3, 0.4) is 0 Å². The average Bonchev–Trinajstić information content (AvgIpc) is 2.30. The lowest BCUT2D eigenvalue weighted by Crippen LogP contribution is -2.23. The second-order valence-corrected chi connectivity index (χ2v) is 5.50. The molecule has 0 aliphatic carbocycles. The summed E-state index contributed by atoms with van der Waals surface area (Å²) in [5.74, 6) is 0.580. The first-order valence-electron chi connectivity index (χ1n) is 7.04. The van der Waals surface area contributed by atoms with E-state index in [2.05, 4.69) is 26.1 Å². The molecule has 0 bridgehead atoms. The van der Waals surface area contributed by atoms with Crippen LogP contribution in [0.2, 0.25) is 0 Å². The zero-order valence-electron chi connectivity index (χ0n) is 12.1. The van der Waals surface area contributed by atoms with Gasteiger partial charge in [-0.3, -0.25) is 0 Å². The SMILES string of the molecule is CCCNC(CCC(C)C)c1ccc(C)cc1F. The highest BCUT2D eigenvalue weighted by atomic mass is 19.1. The standard InChI is InChI=1S/C16H26FN/c1-5-10-18-16(9-6-12(2)3)14-8-7-13(4)11-15(14)17/h7-8,11-12,16,18H,5-6,9-10H2,1-4H3. The van der Waals surface area contributed by atoms with Crippen molar-refractivity contribution < 1.29 is 4.39 Å². The molecule has 1 aromatic carbocycles. The minimum Gasteiger partial charge on any atom is -0.310 e. The molecule has 0 aliphatic rings. The molecule has 0 spiro atoms. The molecule has 0 fully saturated rings. The highest BCUT2D eigenvalue weighted by Crippen LogP contribution is 2.24. The molecule has 1 rings (SSSR count). The zero-order valence-corrected chi connectivity index (χ0v) is 12.1. The lowest BCUT2D eigenvalue weighted by Gasteiger charge is -2.21. The molecule has 0 saturated carbocycles. The van der Waals surface area contributed by atoms with Gasteiger partial charge in [0, 0.05) is 11.6 Å². The summed E-state index contributed by atoms with van der Waals surface area (Å²) in [4.78, 5) is 0. The molecule has 0 radical (unpaired) electrons. The van der Waals surface area contributed by atoms with Crippen molar-refractivity contribution in [1.82, 2.24) is 5.32 Å². The molecule has 0 heterocycles. The van der Waals surface area contributed by atoms with Crippen LogP contribution in [-0.4, -0.2) is 6.54 Å².